The summed E-state index contributed by atoms with van der Waals surface area (Å²) in [6, 6.07) is 0. The number of phosphoric ester groups is 1. The molecule has 57 heavy (non-hydrogen) atoms. The summed E-state index contributed by atoms with van der Waals surface area (Å²) in [5.74, 6) is -1.09. The van der Waals surface area contributed by atoms with Gasteiger partial charge in [-0.25, -0.2) is 4.57 Å². The van der Waals surface area contributed by atoms with Gasteiger partial charge in [0.15, 0.2) is 6.10 Å². The summed E-state index contributed by atoms with van der Waals surface area (Å²) in [6.07, 6.45) is 50.9. The van der Waals surface area contributed by atoms with Crippen LogP contribution >= 0.6 is 7.82 Å². The third-order valence-electron chi connectivity index (χ3n) is 9.31. The zero-order chi connectivity index (χ0) is 41.9. The quantitative estimate of drug-likeness (QED) is 0.0181. The molecule has 3 N–H and O–H groups in total. The molecule has 0 bridgehead atoms. The van der Waals surface area contributed by atoms with Crippen molar-refractivity contribution in [1.82, 2.24) is 0 Å². The lowest BCUT2D eigenvalue weighted by Gasteiger charge is -2.18. The van der Waals surface area contributed by atoms with Gasteiger partial charge in [0.05, 0.1) is 12.7 Å². The van der Waals surface area contributed by atoms with Crippen LogP contribution in [0.15, 0.2) is 72.9 Å². The van der Waals surface area contributed by atoms with Crippen molar-refractivity contribution in [2.24, 2.45) is 0 Å². The van der Waals surface area contributed by atoms with E-state index in [1.54, 1.807) is 12.2 Å². The Hall–Kier alpha value is -2.55. The van der Waals surface area contributed by atoms with Crippen LogP contribution in [0, 0.1) is 0 Å². The zero-order valence-electron chi connectivity index (χ0n) is 35.8. The number of aliphatic hydroxyl groups is 1. The van der Waals surface area contributed by atoms with E-state index in [1.165, 1.54) is 96.3 Å². The number of esters is 2. The Labute approximate surface area is 347 Å². The molecule has 0 fully saturated rings. The highest BCUT2D eigenvalue weighted by Gasteiger charge is 2.23. The molecule has 328 valence electrons. The Morgan fingerprint density at radius 3 is 1.60 bits per heavy atom. The number of carbonyl (C=O) groups is 2. The highest BCUT2D eigenvalue weighted by molar-refractivity contribution is 7.46. The van der Waals surface area contributed by atoms with Crippen LogP contribution in [0.1, 0.15) is 187 Å². The number of aliphatic hydroxyl groups excluding tert-OH is 1. The lowest BCUT2D eigenvalue weighted by Crippen LogP contribution is -2.29. The molecule has 0 aliphatic heterocycles. The van der Waals surface area contributed by atoms with Gasteiger partial charge in [0.2, 0.25) is 0 Å². The van der Waals surface area contributed by atoms with Crippen molar-refractivity contribution in [2.45, 2.75) is 199 Å². The number of allylic oxidation sites excluding steroid dienone is 11. The third kappa shape index (κ3) is 44.4. The molecule has 0 aliphatic carbocycles. The van der Waals surface area contributed by atoms with Gasteiger partial charge in [0.25, 0.3) is 0 Å². The van der Waals surface area contributed by atoms with Gasteiger partial charge >= 0.3 is 19.8 Å². The van der Waals surface area contributed by atoms with Crippen molar-refractivity contribution in [3.8, 4) is 0 Å². The Balaban J connectivity index is 4.04. The predicted molar refractivity (Wildman–Crippen MR) is 236 cm³/mol. The molecule has 0 aliphatic rings. The molecule has 0 radical (unpaired) electrons. The van der Waals surface area contributed by atoms with E-state index < -0.39 is 38.6 Å². The SMILES string of the molecule is CC/C=C\C/C=C\C/C=C\C/C=C\C=C\C(O)CCCC(=O)O[C@H](COC(=O)CCCCCCCCCCCCC/C=C\CCCCCCCC)COP(=O)(O)O. The van der Waals surface area contributed by atoms with Crippen LogP contribution in [-0.4, -0.2) is 52.3 Å². The second-order valence-corrected chi connectivity index (χ2v) is 16.1. The van der Waals surface area contributed by atoms with E-state index in [0.717, 1.165) is 44.9 Å². The summed E-state index contributed by atoms with van der Waals surface area (Å²) < 4.78 is 26.3. The van der Waals surface area contributed by atoms with Crippen molar-refractivity contribution in [1.29, 1.82) is 0 Å². The van der Waals surface area contributed by atoms with Crippen LogP contribution in [0.5, 0.6) is 0 Å². The molecular weight excluding hydrogens is 739 g/mol. The van der Waals surface area contributed by atoms with Crippen LogP contribution in [0.25, 0.3) is 0 Å². The number of phosphoric acid groups is 1. The molecule has 9 nitrogen and oxygen atoms in total. The Morgan fingerprint density at radius 2 is 1.05 bits per heavy atom. The molecule has 0 spiro atoms. The minimum Gasteiger partial charge on any atom is -0.462 e. The number of ether oxygens (including phenoxy) is 2. The van der Waals surface area contributed by atoms with Gasteiger partial charge in [-0.2, -0.15) is 0 Å². The van der Waals surface area contributed by atoms with E-state index >= 15 is 0 Å². The van der Waals surface area contributed by atoms with Crippen molar-refractivity contribution in [3.63, 3.8) is 0 Å². The lowest BCUT2D eigenvalue weighted by atomic mass is 10.0. The molecule has 0 aromatic heterocycles. The largest absolute Gasteiger partial charge is 0.469 e. The molecule has 0 saturated heterocycles. The smallest absolute Gasteiger partial charge is 0.462 e. The maximum atomic E-state index is 12.4. The number of carbonyl (C=O) groups excluding carboxylic acids is 2. The van der Waals surface area contributed by atoms with Crippen LogP contribution in [0.2, 0.25) is 0 Å². The third-order valence-corrected chi connectivity index (χ3v) is 9.80. The van der Waals surface area contributed by atoms with Gasteiger partial charge in [-0.3, -0.25) is 14.1 Å². The fourth-order valence-corrected chi connectivity index (χ4v) is 6.35. The molecule has 1 unspecified atom stereocenters. The average Bonchev–Trinajstić information content (AvgIpc) is 3.18. The Kier molecular flexibility index (Phi) is 39.7. The monoisotopic (exact) mass is 821 g/mol. The summed E-state index contributed by atoms with van der Waals surface area (Å²) in [5, 5.41) is 10.2. The van der Waals surface area contributed by atoms with Gasteiger partial charge in [-0.1, -0.05) is 177 Å². The van der Waals surface area contributed by atoms with Crippen LogP contribution in [0.3, 0.4) is 0 Å². The van der Waals surface area contributed by atoms with E-state index in [2.05, 4.69) is 67.0 Å². The summed E-state index contributed by atoms with van der Waals surface area (Å²) >= 11 is 0. The van der Waals surface area contributed by atoms with Crippen LogP contribution < -0.4 is 0 Å². The molecule has 10 heteroatoms. The molecule has 0 aromatic carbocycles. The average molecular weight is 821 g/mol. The van der Waals surface area contributed by atoms with Crippen LogP contribution in [0.4, 0.5) is 0 Å². The number of unbranched alkanes of at least 4 members (excludes halogenated alkanes) is 17. The maximum absolute atomic E-state index is 12.4. The lowest BCUT2D eigenvalue weighted by molar-refractivity contribution is -0.161. The highest BCUT2D eigenvalue weighted by atomic mass is 31.2. The van der Waals surface area contributed by atoms with Gasteiger partial charge in [-0.05, 0) is 70.6 Å². The van der Waals surface area contributed by atoms with Crippen molar-refractivity contribution in [3.05, 3.63) is 72.9 Å². The molecule has 0 rings (SSSR count). The van der Waals surface area contributed by atoms with E-state index in [0.29, 0.717) is 19.3 Å². The Bertz CT molecular complexity index is 1170. The first kappa shape index (κ1) is 54.5. The number of hydrogen-bond donors (Lipinski definition) is 3. The maximum Gasteiger partial charge on any atom is 0.469 e. The van der Waals surface area contributed by atoms with Crippen molar-refractivity contribution in [2.75, 3.05) is 13.2 Å². The minimum atomic E-state index is -4.81. The second-order valence-electron chi connectivity index (χ2n) is 14.8. The van der Waals surface area contributed by atoms with Gasteiger partial charge in [-0.15, -0.1) is 0 Å². The fraction of sp³-hybridized carbons (Fsp3) is 0.702. The van der Waals surface area contributed by atoms with Crippen LogP contribution in [-0.2, 0) is 28.2 Å². The van der Waals surface area contributed by atoms with E-state index in [4.69, 9.17) is 19.3 Å². The topological polar surface area (TPSA) is 140 Å². The highest BCUT2D eigenvalue weighted by Crippen LogP contribution is 2.36. The fourth-order valence-electron chi connectivity index (χ4n) is 5.98. The number of hydrogen-bond acceptors (Lipinski definition) is 7. The molecule has 2 atom stereocenters. The summed E-state index contributed by atoms with van der Waals surface area (Å²) in [4.78, 5) is 42.9. The van der Waals surface area contributed by atoms with Crippen molar-refractivity contribution < 1.29 is 43.0 Å². The van der Waals surface area contributed by atoms with Crippen molar-refractivity contribution >= 4 is 19.8 Å². The van der Waals surface area contributed by atoms with E-state index in [9.17, 15) is 19.3 Å². The Morgan fingerprint density at radius 1 is 0.561 bits per heavy atom. The molecule has 0 aromatic rings. The standard InChI is InChI=1S/C47H81O9P/c1-3-5-7-9-11-13-15-17-18-19-20-21-22-23-24-26-28-30-32-34-36-40-46(49)54-42-45(43-55-57(51,52)53)56-47(50)41-37-39-44(48)38-35-33-31-29-27-25-16-14-12-10-8-6-4-2/h6,8,12,14,17-18,25,27,31,33,35,38,44-45,48H,3-5,7,9-11,13,15-16,19-24,26,28-30,32,34,36-37,39-43H2,1-2H3,(H2,51,52,53)/b8-6-,14-12-,18-17-,27-25-,33-31-,38-35+/t44?,45-/m1/s1. The van der Waals surface area contributed by atoms with E-state index in [-0.39, 0.29) is 19.4 Å². The first-order chi connectivity index (χ1) is 27.7. The first-order valence-corrected chi connectivity index (χ1v) is 23.9. The molecule has 0 heterocycles. The predicted octanol–water partition coefficient (Wildman–Crippen LogP) is 12.8. The second kappa shape index (κ2) is 41.6. The summed E-state index contributed by atoms with van der Waals surface area (Å²) in [5.41, 5.74) is 0. The van der Waals surface area contributed by atoms with E-state index in [1.807, 2.05) is 12.2 Å². The normalized spacial score (nSPS) is 13.7. The molecular formula is C47H81O9P. The zero-order valence-corrected chi connectivity index (χ0v) is 36.7. The molecule has 0 saturated carbocycles. The summed E-state index contributed by atoms with van der Waals surface area (Å²) in [6.45, 7) is 3.41. The van der Waals surface area contributed by atoms with Gasteiger partial charge in [0.1, 0.15) is 6.61 Å². The number of rotatable bonds is 40. The van der Waals surface area contributed by atoms with Gasteiger partial charge in [0, 0.05) is 12.8 Å². The minimum absolute atomic E-state index is 0.0213. The summed E-state index contributed by atoms with van der Waals surface area (Å²) in [7, 11) is -4.81. The first-order valence-electron chi connectivity index (χ1n) is 22.3. The molecule has 0 amide bonds. The van der Waals surface area contributed by atoms with Gasteiger partial charge < -0.3 is 24.4 Å².